The Balaban J connectivity index is 1.62. The quantitative estimate of drug-likeness (QED) is 0.697. The summed E-state index contributed by atoms with van der Waals surface area (Å²) in [5, 5.41) is 10.7. The number of amides is 1. The molecule has 1 saturated carbocycles. The summed E-state index contributed by atoms with van der Waals surface area (Å²) in [4.78, 5) is 11.4. The highest BCUT2D eigenvalue weighted by molar-refractivity contribution is 5.80. The van der Waals surface area contributed by atoms with E-state index in [1.54, 1.807) is 0 Å². The standard InChI is InChI=1S/C13H22N4O/c1-3-11-8-12(17(2)16-11)9-14-6-7-15-13(18)10-4-5-10/h8,10,14H,3-7,9H2,1-2H3,(H,15,18). The number of hydrogen-bond donors (Lipinski definition) is 2. The largest absolute Gasteiger partial charge is 0.355 e. The van der Waals surface area contributed by atoms with Gasteiger partial charge in [0.25, 0.3) is 0 Å². The number of carbonyl (C=O) groups excluding carboxylic acids is 1. The molecule has 1 aromatic heterocycles. The van der Waals surface area contributed by atoms with Crippen LogP contribution in [-0.2, 0) is 24.8 Å². The second-order valence-corrected chi connectivity index (χ2v) is 4.85. The SMILES string of the molecule is CCc1cc(CNCCNC(=O)C2CC2)n(C)n1. The van der Waals surface area contributed by atoms with Crippen molar-refractivity contribution in [2.24, 2.45) is 13.0 Å². The summed E-state index contributed by atoms with van der Waals surface area (Å²) < 4.78 is 1.91. The van der Waals surface area contributed by atoms with Crippen molar-refractivity contribution in [3.63, 3.8) is 0 Å². The van der Waals surface area contributed by atoms with Gasteiger partial charge in [-0.15, -0.1) is 0 Å². The van der Waals surface area contributed by atoms with Crippen molar-refractivity contribution in [1.29, 1.82) is 0 Å². The van der Waals surface area contributed by atoms with Gasteiger partial charge in [-0.1, -0.05) is 6.92 Å². The maximum absolute atomic E-state index is 11.4. The van der Waals surface area contributed by atoms with Crippen LogP contribution in [0.4, 0.5) is 0 Å². The first-order valence-corrected chi connectivity index (χ1v) is 6.71. The second-order valence-electron chi connectivity index (χ2n) is 4.85. The number of rotatable bonds is 7. The third-order valence-electron chi connectivity index (χ3n) is 3.24. The van der Waals surface area contributed by atoms with E-state index in [4.69, 9.17) is 0 Å². The lowest BCUT2D eigenvalue weighted by atomic mass is 10.3. The first-order chi connectivity index (χ1) is 8.70. The fourth-order valence-electron chi connectivity index (χ4n) is 1.89. The molecule has 0 saturated heterocycles. The second kappa shape index (κ2) is 6.00. The molecule has 18 heavy (non-hydrogen) atoms. The molecule has 1 heterocycles. The van der Waals surface area contributed by atoms with Gasteiger partial charge in [0.2, 0.25) is 5.91 Å². The average Bonchev–Trinajstić information content (AvgIpc) is 3.14. The predicted octanol–water partition coefficient (Wildman–Crippen LogP) is 0.598. The van der Waals surface area contributed by atoms with Gasteiger partial charge in [0, 0.05) is 32.6 Å². The van der Waals surface area contributed by atoms with Crippen LogP contribution in [0.25, 0.3) is 0 Å². The predicted molar refractivity (Wildman–Crippen MR) is 70.0 cm³/mol. The molecule has 2 N–H and O–H groups in total. The fraction of sp³-hybridized carbons (Fsp3) is 0.692. The van der Waals surface area contributed by atoms with E-state index in [0.717, 1.165) is 38.0 Å². The number of aryl methyl sites for hydroxylation is 2. The van der Waals surface area contributed by atoms with Gasteiger partial charge in [-0.05, 0) is 25.3 Å². The van der Waals surface area contributed by atoms with Gasteiger partial charge in [0.15, 0.2) is 0 Å². The first kappa shape index (κ1) is 13.1. The topological polar surface area (TPSA) is 58.9 Å². The number of aromatic nitrogens is 2. The minimum Gasteiger partial charge on any atom is -0.355 e. The van der Waals surface area contributed by atoms with Gasteiger partial charge >= 0.3 is 0 Å². The van der Waals surface area contributed by atoms with E-state index >= 15 is 0 Å². The van der Waals surface area contributed by atoms with E-state index in [0.29, 0.717) is 12.5 Å². The van der Waals surface area contributed by atoms with E-state index in [1.807, 2.05) is 11.7 Å². The molecule has 0 aromatic carbocycles. The van der Waals surface area contributed by atoms with E-state index in [1.165, 1.54) is 5.69 Å². The summed E-state index contributed by atoms with van der Waals surface area (Å²) in [6.07, 6.45) is 3.09. The lowest BCUT2D eigenvalue weighted by Crippen LogP contribution is -2.32. The lowest BCUT2D eigenvalue weighted by Gasteiger charge is -2.06. The molecule has 1 amide bonds. The zero-order valence-electron chi connectivity index (χ0n) is 11.2. The smallest absolute Gasteiger partial charge is 0.223 e. The zero-order chi connectivity index (χ0) is 13.0. The number of carbonyl (C=O) groups is 1. The van der Waals surface area contributed by atoms with Crippen LogP contribution in [0.1, 0.15) is 31.2 Å². The Morgan fingerprint density at radius 2 is 2.28 bits per heavy atom. The third kappa shape index (κ3) is 3.57. The summed E-state index contributed by atoms with van der Waals surface area (Å²) in [5.41, 5.74) is 2.30. The number of nitrogens with zero attached hydrogens (tertiary/aromatic N) is 2. The minimum absolute atomic E-state index is 0.214. The van der Waals surface area contributed by atoms with Gasteiger partial charge in [-0.3, -0.25) is 9.48 Å². The van der Waals surface area contributed by atoms with Crippen molar-refractivity contribution in [1.82, 2.24) is 20.4 Å². The molecular weight excluding hydrogens is 228 g/mol. The molecule has 1 aliphatic carbocycles. The Bertz CT molecular complexity index is 409. The molecule has 100 valence electrons. The van der Waals surface area contributed by atoms with E-state index < -0.39 is 0 Å². The lowest BCUT2D eigenvalue weighted by molar-refractivity contribution is -0.122. The Morgan fingerprint density at radius 3 is 2.89 bits per heavy atom. The van der Waals surface area contributed by atoms with Crippen LogP contribution in [-0.4, -0.2) is 28.8 Å². The van der Waals surface area contributed by atoms with Gasteiger partial charge in [0.05, 0.1) is 11.4 Å². The van der Waals surface area contributed by atoms with Gasteiger partial charge in [-0.2, -0.15) is 5.10 Å². The highest BCUT2D eigenvalue weighted by Crippen LogP contribution is 2.28. The highest BCUT2D eigenvalue weighted by atomic mass is 16.2. The van der Waals surface area contributed by atoms with Crippen LogP contribution < -0.4 is 10.6 Å². The first-order valence-electron chi connectivity index (χ1n) is 6.71. The molecule has 1 fully saturated rings. The molecule has 1 aliphatic rings. The highest BCUT2D eigenvalue weighted by Gasteiger charge is 2.28. The molecule has 1 aromatic rings. The van der Waals surface area contributed by atoms with Gasteiger partial charge in [0.1, 0.15) is 0 Å². The summed E-state index contributed by atoms with van der Waals surface area (Å²) >= 11 is 0. The third-order valence-corrected chi connectivity index (χ3v) is 3.24. The summed E-state index contributed by atoms with van der Waals surface area (Å²) in [6, 6.07) is 2.12. The number of hydrogen-bond acceptors (Lipinski definition) is 3. The van der Waals surface area contributed by atoms with Crippen molar-refractivity contribution in [2.75, 3.05) is 13.1 Å². The van der Waals surface area contributed by atoms with E-state index in [2.05, 4.69) is 28.7 Å². The molecule has 5 nitrogen and oxygen atoms in total. The minimum atomic E-state index is 0.214. The van der Waals surface area contributed by atoms with Crippen molar-refractivity contribution >= 4 is 5.91 Å². The van der Waals surface area contributed by atoms with E-state index in [-0.39, 0.29) is 5.91 Å². The molecule has 0 atom stereocenters. The van der Waals surface area contributed by atoms with Crippen molar-refractivity contribution in [2.45, 2.75) is 32.7 Å². The summed E-state index contributed by atoms with van der Waals surface area (Å²) in [6.45, 7) is 4.40. The molecular formula is C13H22N4O. The van der Waals surface area contributed by atoms with E-state index in [9.17, 15) is 4.79 Å². The molecule has 0 bridgehead atoms. The zero-order valence-corrected chi connectivity index (χ0v) is 11.2. The molecule has 0 unspecified atom stereocenters. The van der Waals surface area contributed by atoms with Crippen LogP contribution in [0, 0.1) is 5.92 Å². The maximum Gasteiger partial charge on any atom is 0.223 e. The molecule has 5 heteroatoms. The monoisotopic (exact) mass is 250 g/mol. The van der Waals surface area contributed by atoms with Crippen molar-refractivity contribution in [3.8, 4) is 0 Å². The van der Waals surface area contributed by atoms with Crippen LogP contribution in [0.2, 0.25) is 0 Å². The van der Waals surface area contributed by atoms with Gasteiger partial charge < -0.3 is 10.6 Å². The number of nitrogens with one attached hydrogen (secondary N) is 2. The van der Waals surface area contributed by atoms with Crippen molar-refractivity contribution < 1.29 is 4.79 Å². The van der Waals surface area contributed by atoms with Gasteiger partial charge in [-0.25, -0.2) is 0 Å². The Hall–Kier alpha value is -1.36. The molecule has 0 spiro atoms. The van der Waals surface area contributed by atoms with Crippen LogP contribution in [0.3, 0.4) is 0 Å². The molecule has 0 aliphatic heterocycles. The molecule has 0 radical (unpaired) electrons. The van der Waals surface area contributed by atoms with Crippen LogP contribution in [0.15, 0.2) is 6.07 Å². The van der Waals surface area contributed by atoms with Crippen LogP contribution >= 0.6 is 0 Å². The average molecular weight is 250 g/mol. The Kier molecular flexibility index (Phi) is 4.36. The normalized spacial score (nSPS) is 14.8. The maximum atomic E-state index is 11.4. The molecule has 2 rings (SSSR count). The van der Waals surface area contributed by atoms with Crippen LogP contribution in [0.5, 0.6) is 0 Å². The van der Waals surface area contributed by atoms with Crippen molar-refractivity contribution in [3.05, 3.63) is 17.5 Å². The Morgan fingerprint density at radius 1 is 1.50 bits per heavy atom. The Labute approximate surface area is 108 Å². The fourth-order valence-corrected chi connectivity index (χ4v) is 1.89. The summed E-state index contributed by atoms with van der Waals surface area (Å²) in [5.74, 6) is 0.514. The summed E-state index contributed by atoms with van der Waals surface area (Å²) in [7, 11) is 1.96.